The van der Waals surface area contributed by atoms with Gasteiger partial charge in [0.2, 0.25) is 0 Å². The van der Waals surface area contributed by atoms with Crippen LogP contribution in [0.1, 0.15) is 33.2 Å². The molecule has 3 aromatic rings. The van der Waals surface area contributed by atoms with Crippen molar-refractivity contribution in [2.75, 3.05) is 16.8 Å². The summed E-state index contributed by atoms with van der Waals surface area (Å²) < 4.78 is 13.1. The summed E-state index contributed by atoms with van der Waals surface area (Å²) in [6, 6.07) is 19.7. The number of aromatic carboxylic acids is 1. The lowest BCUT2D eigenvalue weighted by molar-refractivity contribution is 0.0696. The zero-order valence-corrected chi connectivity index (χ0v) is 15.9. The van der Waals surface area contributed by atoms with Gasteiger partial charge in [-0.25, -0.2) is 9.18 Å². The normalized spacial score (nSPS) is 10.4. The number of carbonyl (C=O) groups is 2. The first-order valence-corrected chi connectivity index (χ1v) is 9.21. The highest BCUT2D eigenvalue weighted by atomic mass is 19.1. The molecule has 0 bridgehead atoms. The monoisotopic (exact) mass is 392 g/mol. The van der Waals surface area contributed by atoms with Gasteiger partial charge in [-0.3, -0.25) is 4.79 Å². The Bertz CT molecular complexity index is 1000. The van der Waals surface area contributed by atoms with Crippen LogP contribution in [-0.4, -0.2) is 23.5 Å². The topological polar surface area (TPSA) is 69.6 Å². The van der Waals surface area contributed by atoms with Crippen molar-refractivity contribution in [1.82, 2.24) is 0 Å². The van der Waals surface area contributed by atoms with Gasteiger partial charge in [0.05, 0.1) is 16.9 Å². The van der Waals surface area contributed by atoms with E-state index < -0.39 is 17.7 Å². The summed E-state index contributed by atoms with van der Waals surface area (Å²) in [7, 11) is 0. The van der Waals surface area contributed by atoms with Crippen LogP contribution in [0.3, 0.4) is 0 Å². The second-order valence-corrected chi connectivity index (χ2v) is 6.50. The van der Waals surface area contributed by atoms with Gasteiger partial charge < -0.3 is 15.3 Å². The Morgan fingerprint density at radius 3 is 2.24 bits per heavy atom. The molecule has 0 aliphatic heterocycles. The third-order valence-corrected chi connectivity index (χ3v) is 4.54. The van der Waals surface area contributed by atoms with E-state index in [1.807, 2.05) is 42.2 Å². The fourth-order valence-corrected chi connectivity index (χ4v) is 3.01. The van der Waals surface area contributed by atoms with Crippen molar-refractivity contribution in [2.45, 2.75) is 13.5 Å². The minimum Gasteiger partial charge on any atom is -0.478 e. The Balaban J connectivity index is 1.94. The quantitative estimate of drug-likeness (QED) is 0.606. The third-order valence-electron chi connectivity index (χ3n) is 4.54. The van der Waals surface area contributed by atoms with E-state index in [0.717, 1.165) is 5.56 Å². The minimum absolute atomic E-state index is 0.0684. The van der Waals surface area contributed by atoms with Gasteiger partial charge in [-0.2, -0.15) is 0 Å². The van der Waals surface area contributed by atoms with Crippen LogP contribution in [0.15, 0.2) is 72.8 Å². The van der Waals surface area contributed by atoms with E-state index in [4.69, 9.17) is 0 Å². The summed E-state index contributed by atoms with van der Waals surface area (Å²) in [5.41, 5.74) is 2.53. The van der Waals surface area contributed by atoms with E-state index in [9.17, 15) is 19.1 Å². The van der Waals surface area contributed by atoms with Gasteiger partial charge in [-0.1, -0.05) is 30.3 Å². The Kier molecular flexibility index (Phi) is 6.24. The second-order valence-electron chi connectivity index (χ2n) is 6.50. The van der Waals surface area contributed by atoms with Crippen molar-refractivity contribution in [3.8, 4) is 0 Å². The number of benzene rings is 3. The van der Waals surface area contributed by atoms with Gasteiger partial charge in [-0.15, -0.1) is 0 Å². The minimum atomic E-state index is -1.08. The molecule has 2 N–H and O–H groups in total. The molecular formula is C23H21FN2O3. The summed E-state index contributed by atoms with van der Waals surface area (Å²) in [6.07, 6.45) is 0. The van der Waals surface area contributed by atoms with Crippen molar-refractivity contribution >= 4 is 23.3 Å². The number of hydrogen-bond acceptors (Lipinski definition) is 3. The van der Waals surface area contributed by atoms with E-state index in [-0.39, 0.29) is 11.1 Å². The summed E-state index contributed by atoms with van der Waals surface area (Å²) >= 11 is 0. The van der Waals surface area contributed by atoms with E-state index in [0.29, 0.717) is 24.5 Å². The molecule has 29 heavy (non-hydrogen) atoms. The molecule has 0 atom stereocenters. The number of hydrogen-bond donors (Lipinski definition) is 2. The average molecular weight is 392 g/mol. The molecule has 0 unspecified atom stereocenters. The summed E-state index contributed by atoms with van der Waals surface area (Å²) in [4.78, 5) is 26.1. The molecular weight excluding hydrogens is 371 g/mol. The third kappa shape index (κ3) is 4.99. The average Bonchev–Trinajstić information content (AvgIpc) is 2.73. The molecule has 0 aliphatic rings. The zero-order valence-electron chi connectivity index (χ0n) is 15.9. The molecule has 0 aliphatic carbocycles. The van der Waals surface area contributed by atoms with Crippen LogP contribution < -0.4 is 10.2 Å². The molecule has 3 rings (SSSR count). The SMILES string of the molecule is CCN(Cc1ccccc1)c1ccc(C(=O)O)cc1NC(=O)c1ccc(F)cc1. The number of carboxylic acids is 1. The van der Waals surface area contributed by atoms with Gasteiger partial charge in [0, 0.05) is 18.7 Å². The highest BCUT2D eigenvalue weighted by Crippen LogP contribution is 2.29. The number of anilines is 2. The number of nitrogens with one attached hydrogen (secondary N) is 1. The molecule has 5 nitrogen and oxygen atoms in total. The maximum absolute atomic E-state index is 13.1. The first-order valence-electron chi connectivity index (χ1n) is 9.21. The molecule has 148 valence electrons. The number of nitrogens with zero attached hydrogens (tertiary/aromatic N) is 1. The molecule has 0 spiro atoms. The largest absolute Gasteiger partial charge is 0.478 e. The smallest absolute Gasteiger partial charge is 0.335 e. The van der Waals surface area contributed by atoms with Crippen LogP contribution in [0.5, 0.6) is 0 Å². The fourth-order valence-electron chi connectivity index (χ4n) is 3.01. The van der Waals surface area contributed by atoms with Crippen LogP contribution >= 0.6 is 0 Å². The van der Waals surface area contributed by atoms with E-state index in [1.165, 1.54) is 36.4 Å². The lowest BCUT2D eigenvalue weighted by Crippen LogP contribution is -2.24. The first-order chi connectivity index (χ1) is 14.0. The predicted molar refractivity (Wildman–Crippen MR) is 111 cm³/mol. The maximum atomic E-state index is 13.1. The maximum Gasteiger partial charge on any atom is 0.335 e. The van der Waals surface area contributed by atoms with E-state index in [1.54, 1.807) is 6.07 Å². The summed E-state index contributed by atoms with van der Waals surface area (Å²) in [5, 5.41) is 12.1. The lowest BCUT2D eigenvalue weighted by Gasteiger charge is -2.26. The zero-order chi connectivity index (χ0) is 20.8. The number of carboxylic acid groups (broad SMARTS) is 1. The summed E-state index contributed by atoms with van der Waals surface area (Å²) in [6.45, 7) is 3.24. The molecule has 6 heteroatoms. The van der Waals surface area contributed by atoms with Crippen molar-refractivity contribution in [3.05, 3.63) is 95.3 Å². The fraction of sp³-hybridized carbons (Fsp3) is 0.130. The molecule has 0 radical (unpaired) electrons. The number of carbonyl (C=O) groups excluding carboxylic acids is 1. The van der Waals surface area contributed by atoms with Crippen molar-refractivity contribution in [3.63, 3.8) is 0 Å². The summed E-state index contributed by atoms with van der Waals surface area (Å²) in [5.74, 6) is -1.96. The van der Waals surface area contributed by atoms with E-state index >= 15 is 0 Å². The standard InChI is InChI=1S/C23H21FN2O3/c1-2-26(15-16-6-4-3-5-7-16)21-13-10-18(23(28)29)14-20(21)25-22(27)17-8-11-19(24)12-9-17/h3-14H,2,15H2,1H3,(H,25,27)(H,28,29). The van der Waals surface area contributed by atoms with Crippen LogP contribution in [0.4, 0.5) is 15.8 Å². The molecule has 3 aromatic carbocycles. The van der Waals surface area contributed by atoms with Gasteiger partial charge in [0.15, 0.2) is 0 Å². The van der Waals surface area contributed by atoms with E-state index in [2.05, 4.69) is 5.32 Å². The van der Waals surface area contributed by atoms with Gasteiger partial charge in [0.1, 0.15) is 5.82 Å². The molecule has 0 fully saturated rings. The second kappa shape index (κ2) is 9.01. The molecule has 0 saturated carbocycles. The van der Waals surface area contributed by atoms with Crippen LogP contribution in [0, 0.1) is 5.82 Å². The Morgan fingerprint density at radius 2 is 1.62 bits per heavy atom. The first kappa shape index (κ1) is 20.1. The van der Waals surface area contributed by atoms with Crippen molar-refractivity contribution in [1.29, 1.82) is 0 Å². The van der Waals surface area contributed by atoms with Crippen LogP contribution in [-0.2, 0) is 6.54 Å². The predicted octanol–water partition coefficient (Wildman–Crippen LogP) is 4.80. The van der Waals surface area contributed by atoms with Gasteiger partial charge >= 0.3 is 5.97 Å². The molecule has 1 amide bonds. The van der Waals surface area contributed by atoms with Crippen molar-refractivity contribution < 1.29 is 19.1 Å². The van der Waals surface area contributed by atoms with Crippen LogP contribution in [0.25, 0.3) is 0 Å². The molecule has 0 heterocycles. The molecule has 0 aromatic heterocycles. The Labute approximate surface area is 168 Å². The van der Waals surface area contributed by atoms with Crippen molar-refractivity contribution in [2.24, 2.45) is 0 Å². The van der Waals surface area contributed by atoms with Crippen LogP contribution in [0.2, 0.25) is 0 Å². The van der Waals surface area contributed by atoms with Gasteiger partial charge in [-0.05, 0) is 55.0 Å². The molecule has 0 saturated heterocycles. The number of amides is 1. The highest BCUT2D eigenvalue weighted by Gasteiger charge is 2.16. The lowest BCUT2D eigenvalue weighted by atomic mass is 10.1. The Morgan fingerprint density at radius 1 is 0.966 bits per heavy atom. The highest BCUT2D eigenvalue weighted by molar-refractivity contribution is 6.06. The number of rotatable bonds is 7. The van der Waals surface area contributed by atoms with Gasteiger partial charge in [0.25, 0.3) is 5.91 Å². The Hall–Kier alpha value is -3.67. The number of halogens is 1.